The number of amides is 1. The predicted molar refractivity (Wildman–Crippen MR) is 99.7 cm³/mol. The van der Waals surface area contributed by atoms with Crippen LogP contribution in [0.15, 0.2) is 48.8 Å². The highest BCUT2D eigenvalue weighted by molar-refractivity contribution is 5.96. The zero-order valence-electron chi connectivity index (χ0n) is 14.4. The largest absolute Gasteiger partial charge is 0.371 e. The number of hydrogen-bond acceptors (Lipinski definition) is 4. The Kier molecular flexibility index (Phi) is 4.65. The SMILES string of the molecule is O=C1CNCc2ccccc2N1CC1CCN(c2ccncc2)CC1. The van der Waals surface area contributed by atoms with Crippen LogP contribution in [0.4, 0.5) is 11.4 Å². The van der Waals surface area contributed by atoms with Crippen molar-refractivity contribution >= 4 is 17.3 Å². The van der Waals surface area contributed by atoms with E-state index in [1.54, 1.807) is 0 Å². The summed E-state index contributed by atoms with van der Waals surface area (Å²) in [5.41, 5.74) is 3.53. The molecule has 0 aliphatic carbocycles. The summed E-state index contributed by atoms with van der Waals surface area (Å²) in [4.78, 5) is 21.1. The molecule has 1 saturated heterocycles. The lowest BCUT2D eigenvalue weighted by molar-refractivity contribution is -0.117. The third kappa shape index (κ3) is 3.51. The van der Waals surface area contributed by atoms with Gasteiger partial charge in [-0.15, -0.1) is 0 Å². The van der Waals surface area contributed by atoms with E-state index in [0.29, 0.717) is 12.5 Å². The summed E-state index contributed by atoms with van der Waals surface area (Å²) < 4.78 is 0. The van der Waals surface area contributed by atoms with Crippen molar-refractivity contribution in [3.8, 4) is 0 Å². The summed E-state index contributed by atoms with van der Waals surface area (Å²) in [7, 11) is 0. The molecular formula is C20H24N4O. The van der Waals surface area contributed by atoms with Crippen molar-refractivity contribution in [2.45, 2.75) is 19.4 Å². The Labute approximate surface area is 148 Å². The van der Waals surface area contributed by atoms with E-state index in [2.05, 4.69) is 39.5 Å². The van der Waals surface area contributed by atoms with Gasteiger partial charge in [-0.25, -0.2) is 0 Å². The molecule has 25 heavy (non-hydrogen) atoms. The van der Waals surface area contributed by atoms with Crippen molar-refractivity contribution in [3.63, 3.8) is 0 Å². The molecule has 5 nitrogen and oxygen atoms in total. The molecule has 0 radical (unpaired) electrons. The number of aromatic nitrogens is 1. The molecule has 1 N–H and O–H groups in total. The molecule has 0 saturated carbocycles. The minimum Gasteiger partial charge on any atom is -0.371 e. The van der Waals surface area contributed by atoms with Gasteiger partial charge >= 0.3 is 0 Å². The average molecular weight is 336 g/mol. The fraction of sp³-hybridized carbons (Fsp3) is 0.400. The molecule has 1 amide bonds. The topological polar surface area (TPSA) is 48.5 Å². The lowest BCUT2D eigenvalue weighted by Gasteiger charge is -2.36. The Hall–Kier alpha value is -2.40. The van der Waals surface area contributed by atoms with E-state index in [0.717, 1.165) is 44.7 Å². The number of pyridine rings is 1. The summed E-state index contributed by atoms with van der Waals surface area (Å²) in [6.07, 6.45) is 5.92. The zero-order chi connectivity index (χ0) is 17.1. The first-order valence-corrected chi connectivity index (χ1v) is 9.05. The molecule has 2 aliphatic heterocycles. The van der Waals surface area contributed by atoms with Gasteiger partial charge in [0.25, 0.3) is 0 Å². The van der Waals surface area contributed by atoms with Crippen molar-refractivity contribution in [2.75, 3.05) is 36.0 Å². The monoisotopic (exact) mass is 336 g/mol. The van der Waals surface area contributed by atoms with Crippen molar-refractivity contribution in [2.24, 2.45) is 5.92 Å². The number of carbonyl (C=O) groups excluding carboxylic acids is 1. The van der Waals surface area contributed by atoms with E-state index in [-0.39, 0.29) is 5.91 Å². The molecule has 2 aliphatic rings. The van der Waals surface area contributed by atoms with Crippen LogP contribution in [0.5, 0.6) is 0 Å². The van der Waals surface area contributed by atoms with Crippen molar-refractivity contribution < 1.29 is 4.79 Å². The number of hydrogen-bond donors (Lipinski definition) is 1. The number of piperidine rings is 1. The van der Waals surface area contributed by atoms with Crippen LogP contribution < -0.4 is 15.1 Å². The molecule has 1 fully saturated rings. The average Bonchev–Trinajstić information content (AvgIpc) is 2.82. The Bertz CT molecular complexity index is 725. The van der Waals surface area contributed by atoms with E-state index >= 15 is 0 Å². The van der Waals surface area contributed by atoms with Gasteiger partial charge < -0.3 is 15.1 Å². The van der Waals surface area contributed by atoms with E-state index in [4.69, 9.17) is 0 Å². The maximum atomic E-state index is 12.6. The van der Waals surface area contributed by atoms with Gasteiger partial charge in [0.15, 0.2) is 0 Å². The van der Waals surface area contributed by atoms with Crippen LogP contribution >= 0.6 is 0 Å². The summed E-state index contributed by atoms with van der Waals surface area (Å²) in [5.74, 6) is 0.731. The zero-order valence-corrected chi connectivity index (χ0v) is 14.4. The van der Waals surface area contributed by atoms with Crippen LogP contribution in [-0.4, -0.2) is 37.1 Å². The third-order valence-electron chi connectivity index (χ3n) is 5.26. The molecule has 4 rings (SSSR count). The van der Waals surface area contributed by atoms with Gasteiger partial charge in [-0.3, -0.25) is 9.78 Å². The number of anilines is 2. The smallest absolute Gasteiger partial charge is 0.240 e. The highest BCUT2D eigenvalue weighted by Gasteiger charge is 2.27. The number of para-hydroxylation sites is 1. The van der Waals surface area contributed by atoms with Gasteiger partial charge in [0, 0.05) is 49.9 Å². The second kappa shape index (κ2) is 7.23. The summed E-state index contributed by atoms with van der Waals surface area (Å²) >= 11 is 0. The number of benzene rings is 1. The summed E-state index contributed by atoms with van der Waals surface area (Å²) in [6, 6.07) is 12.4. The van der Waals surface area contributed by atoms with E-state index < -0.39 is 0 Å². The molecule has 0 bridgehead atoms. The quantitative estimate of drug-likeness (QED) is 0.935. The van der Waals surface area contributed by atoms with Crippen LogP contribution in [0.2, 0.25) is 0 Å². The highest BCUT2D eigenvalue weighted by Crippen LogP contribution is 2.28. The van der Waals surface area contributed by atoms with Gasteiger partial charge in [0.05, 0.1) is 6.54 Å². The molecule has 3 heterocycles. The van der Waals surface area contributed by atoms with Gasteiger partial charge in [-0.05, 0) is 42.5 Å². The Morgan fingerprint density at radius 1 is 1.04 bits per heavy atom. The number of rotatable bonds is 3. The van der Waals surface area contributed by atoms with Gasteiger partial charge in [0.2, 0.25) is 5.91 Å². The van der Waals surface area contributed by atoms with Crippen LogP contribution in [0.3, 0.4) is 0 Å². The Morgan fingerprint density at radius 3 is 2.60 bits per heavy atom. The fourth-order valence-corrected chi connectivity index (χ4v) is 3.84. The summed E-state index contributed by atoms with van der Waals surface area (Å²) in [6.45, 7) is 4.08. The molecule has 130 valence electrons. The van der Waals surface area contributed by atoms with E-state index in [1.807, 2.05) is 29.4 Å². The minimum absolute atomic E-state index is 0.182. The van der Waals surface area contributed by atoms with Crippen LogP contribution in [0.1, 0.15) is 18.4 Å². The molecule has 0 spiro atoms. The molecule has 1 aromatic carbocycles. The highest BCUT2D eigenvalue weighted by atomic mass is 16.2. The van der Waals surface area contributed by atoms with Crippen molar-refractivity contribution in [1.82, 2.24) is 10.3 Å². The third-order valence-corrected chi connectivity index (χ3v) is 5.26. The number of fused-ring (bicyclic) bond motifs is 1. The molecule has 2 aromatic rings. The number of carbonyl (C=O) groups is 1. The second-order valence-corrected chi connectivity index (χ2v) is 6.87. The lowest BCUT2D eigenvalue weighted by Crippen LogP contribution is -2.42. The summed E-state index contributed by atoms with van der Waals surface area (Å²) in [5, 5.41) is 3.24. The van der Waals surface area contributed by atoms with Gasteiger partial charge in [-0.1, -0.05) is 18.2 Å². The van der Waals surface area contributed by atoms with Crippen LogP contribution in [-0.2, 0) is 11.3 Å². The number of nitrogens with one attached hydrogen (secondary N) is 1. The minimum atomic E-state index is 0.182. The molecule has 1 aromatic heterocycles. The van der Waals surface area contributed by atoms with Gasteiger partial charge in [0.1, 0.15) is 0 Å². The van der Waals surface area contributed by atoms with Crippen molar-refractivity contribution in [3.05, 3.63) is 54.4 Å². The second-order valence-electron chi connectivity index (χ2n) is 6.87. The fourth-order valence-electron chi connectivity index (χ4n) is 3.84. The number of nitrogens with zero attached hydrogens (tertiary/aromatic N) is 3. The Balaban J connectivity index is 1.43. The normalized spacial score (nSPS) is 18.8. The first-order valence-electron chi connectivity index (χ1n) is 9.05. The van der Waals surface area contributed by atoms with Gasteiger partial charge in [-0.2, -0.15) is 0 Å². The molecular weight excluding hydrogens is 312 g/mol. The first-order chi connectivity index (χ1) is 12.3. The maximum absolute atomic E-state index is 12.6. The standard InChI is InChI=1S/C20H24N4O/c25-20-14-22-13-17-3-1-2-4-19(17)24(20)15-16-7-11-23(12-8-16)18-5-9-21-10-6-18/h1-6,9-10,16,22H,7-8,11-15H2. The Morgan fingerprint density at radius 2 is 1.80 bits per heavy atom. The van der Waals surface area contributed by atoms with E-state index in [9.17, 15) is 4.79 Å². The van der Waals surface area contributed by atoms with Crippen LogP contribution in [0.25, 0.3) is 0 Å². The first kappa shape index (κ1) is 16.1. The maximum Gasteiger partial charge on any atom is 0.240 e. The molecule has 0 unspecified atom stereocenters. The predicted octanol–water partition coefficient (Wildman–Crippen LogP) is 2.43. The van der Waals surface area contributed by atoms with E-state index in [1.165, 1.54) is 11.3 Å². The lowest BCUT2D eigenvalue weighted by atomic mass is 9.95. The molecule has 0 atom stereocenters. The van der Waals surface area contributed by atoms with Crippen LogP contribution in [0, 0.1) is 5.92 Å². The molecule has 5 heteroatoms. The van der Waals surface area contributed by atoms with Crippen molar-refractivity contribution in [1.29, 1.82) is 0 Å².